The van der Waals surface area contributed by atoms with Crippen molar-refractivity contribution in [1.82, 2.24) is 15.0 Å². The number of sulfonamides is 1. The molecular formula is C20H17N5O4S. The molecule has 4 aromatic rings. The number of carbonyl (C=O) groups is 1. The minimum atomic E-state index is -3.87. The summed E-state index contributed by atoms with van der Waals surface area (Å²) < 4.78 is 33.0. The van der Waals surface area contributed by atoms with Crippen molar-refractivity contribution in [2.45, 2.75) is 4.90 Å². The molecule has 4 rings (SSSR count). The van der Waals surface area contributed by atoms with Crippen molar-refractivity contribution in [3.8, 4) is 5.75 Å². The standard InChI is InChI=1S/C20H17N5O4S/c1-29-14-6-3-7-15(9-14)30(27,28)25-13-5-2-4-12(8-13)18(26)16-10-22-20-17(16)19(21)23-11-24-20/h2-11,25H,1H3,(H3,21,22,23,24). The Morgan fingerprint density at radius 1 is 1.13 bits per heavy atom. The lowest BCUT2D eigenvalue weighted by atomic mass is 10.0. The smallest absolute Gasteiger partial charge is 0.262 e. The maximum atomic E-state index is 13.0. The number of aromatic nitrogens is 3. The summed E-state index contributed by atoms with van der Waals surface area (Å²) >= 11 is 0. The topological polar surface area (TPSA) is 140 Å². The van der Waals surface area contributed by atoms with Crippen LogP contribution in [0.15, 0.2) is 66.0 Å². The SMILES string of the molecule is COc1cccc(S(=O)(=O)Nc2cccc(C(=O)c3c[nH]c4ncnc(N)c34)c2)c1. The predicted octanol–water partition coefficient (Wildman–Crippen LogP) is 2.58. The lowest BCUT2D eigenvalue weighted by Crippen LogP contribution is -2.13. The second kappa shape index (κ2) is 7.48. The third-order valence-electron chi connectivity index (χ3n) is 4.47. The Balaban J connectivity index is 1.66. The second-order valence-electron chi connectivity index (χ2n) is 6.38. The van der Waals surface area contributed by atoms with Gasteiger partial charge in [-0.1, -0.05) is 18.2 Å². The van der Waals surface area contributed by atoms with Crippen molar-refractivity contribution in [2.75, 3.05) is 17.6 Å². The third-order valence-corrected chi connectivity index (χ3v) is 5.85. The fourth-order valence-corrected chi connectivity index (χ4v) is 4.11. The van der Waals surface area contributed by atoms with Crippen molar-refractivity contribution >= 4 is 38.3 Å². The Morgan fingerprint density at radius 3 is 2.73 bits per heavy atom. The Labute approximate surface area is 172 Å². The van der Waals surface area contributed by atoms with E-state index in [9.17, 15) is 13.2 Å². The van der Waals surface area contributed by atoms with E-state index in [0.29, 0.717) is 22.3 Å². The van der Waals surface area contributed by atoms with Gasteiger partial charge < -0.3 is 15.5 Å². The van der Waals surface area contributed by atoms with E-state index in [0.717, 1.165) is 0 Å². The molecule has 10 heteroatoms. The number of aromatic amines is 1. The van der Waals surface area contributed by atoms with Crippen LogP contribution in [0.25, 0.3) is 11.0 Å². The van der Waals surface area contributed by atoms with Crippen LogP contribution in [0.5, 0.6) is 5.75 Å². The van der Waals surface area contributed by atoms with Crippen LogP contribution in [0, 0.1) is 0 Å². The summed E-state index contributed by atoms with van der Waals surface area (Å²) in [4.78, 5) is 23.9. The molecule has 0 saturated heterocycles. The van der Waals surface area contributed by atoms with Gasteiger partial charge in [-0.15, -0.1) is 0 Å². The Morgan fingerprint density at radius 2 is 1.93 bits per heavy atom. The number of ether oxygens (including phenoxy) is 1. The van der Waals surface area contributed by atoms with Crippen molar-refractivity contribution in [2.24, 2.45) is 0 Å². The van der Waals surface area contributed by atoms with Gasteiger partial charge >= 0.3 is 0 Å². The van der Waals surface area contributed by atoms with Crippen LogP contribution in [0.3, 0.4) is 0 Å². The highest BCUT2D eigenvalue weighted by molar-refractivity contribution is 7.92. The molecule has 9 nitrogen and oxygen atoms in total. The third kappa shape index (κ3) is 3.55. The van der Waals surface area contributed by atoms with E-state index in [2.05, 4.69) is 19.7 Å². The van der Waals surface area contributed by atoms with E-state index in [4.69, 9.17) is 10.5 Å². The van der Waals surface area contributed by atoms with Crippen LogP contribution in [0.4, 0.5) is 11.5 Å². The highest BCUT2D eigenvalue weighted by atomic mass is 32.2. The summed E-state index contributed by atoms with van der Waals surface area (Å²) in [5.74, 6) is 0.255. The number of fused-ring (bicyclic) bond motifs is 1. The molecule has 0 aliphatic heterocycles. The summed E-state index contributed by atoms with van der Waals surface area (Å²) in [5, 5.41) is 0.421. The predicted molar refractivity (Wildman–Crippen MR) is 112 cm³/mol. The molecule has 0 aliphatic rings. The van der Waals surface area contributed by atoms with Gasteiger partial charge in [0.1, 0.15) is 23.5 Å². The Kier molecular flexibility index (Phi) is 4.84. The van der Waals surface area contributed by atoms with Crippen molar-refractivity contribution < 1.29 is 17.9 Å². The maximum absolute atomic E-state index is 13.0. The minimum absolute atomic E-state index is 0.0418. The Hall–Kier alpha value is -3.92. The summed E-state index contributed by atoms with van der Waals surface area (Å²) in [5.41, 5.74) is 7.17. The highest BCUT2D eigenvalue weighted by Crippen LogP contribution is 2.25. The van der Waals surface area contributed by atoms with Gasteiger partial charge in [0.15, 0.2) is 5.78 Å². The average Bonchev–Trinajstić information content (AvgIpc) is 3.19. The van der Waals surface area contributed by atoms with Crippen LogP contribution in [0.1, 0.15) is 15.9 Å². The van der Waals surface area contributed by atoms with Crippen LogP contribution in [-0.4, -0.2) is 36.3 Å². The Bertz CT molecular complexity index is 1360. The first kappa shape index (κ1) is 19.4. The zero-order chi connectivity index (χ0) is 21.3. The number of ketones is 1. The van der Waals surface area contributed by atoms with Gasteiger partial charge in [0.05, 0.1) is 23.0 Å². The summed E-state index contributed by atoms with van der Waals surface area (Å²) in [6.45, 7) is 0. The van der Waals surface area contributed by atoms with Crippen molar-refractivity contribution in [3.63, 3.8) is 0 Å². The first-order chi connectivity index (χ1) is 14.4. The first-order valence-corrected chi connectivity index (χ1v) is 10.3. The number of hydrogen-bond donors (Lipinski definition) is 3. The van der Waals surface area contributed by atoms with Crippen LogP contribution in [-0.2, 0) is 10.0 Å². The normalized spacial score (nSPS) is 11.4. The number of nitrogens with one attached hydrogen (secondary N) is 2. The summed E-state index contributed by atoms with van der Waals surface area (Å²) in [6, 6.07) is 12.3. The van der Waals surface area contributed by atoms with Gasteiger partial charge in [-0.05, 0) is 24.3 Å². The molecule has 0 atom stereocenters. The lowest BCUT2D eigenvalue weighted by molar-refractivity contribution is 0.104. The fourth-order valence-electron chi connectivity index (χ4n) is 3.03. The van der Waals surface area contributed by atoms with Gasteiger partial charge in [-0.25, -0.2) is 18.4 Å². The molecule has 0 aliphatic carbocycles. The van der Waals surface area contributed by atoms with Crippen molar-refractivity contribution in [3.05, 3.63) is 72.2 Å². The number of nitrogens with zero attached hydrogens (tertiary/aromatic N) is 2. The molecule has 0 unspecified atom stereocenters. The lowest BCUT2D eigenvalue weighted by Gasteiger charge is -2.10. The number of hydrogen-bond acceptors (Lipinski definition) is 7. The summed E-state index contributed by atoms with van der Waals surface area (Å²) in [6.07, 6.45) is 2.81. The number of carbonyl (C=O) groups excluding carboxylic acids is 1. The quantitative estimate of drug-likeness (QED) is 0.405. The minimum Gasteiger partial charge on any atom is -0.497 e. The average molecular weight is 423 g/mol. The molecule has 0 amide bonds. The number of nitrogen functional groups attached to an aromatic ring is 1. The molecule has 2 aromatic carbocycles. The largest absolute Gasteiger partial charge is 0.497 e. The molecule has 2 heterocycles. The van der Waals surface area contributed by atoms with E-state index in [1.807, 2.05) is 0 Å². The number of benzene rings is 2. The molecule has 0 fully saturated rings. The van der Waals surface area contributed by atoms with Gasteiger partial charge in [0.25, 0.3) is 10.0 Å². The van der Waals surface area contributed by atoms with Gasteiger partial charge in [-0.2, -0.15) is 0 Å². The van der Waals surface area contributed by atoms with E-state index in [1.165, 1.54) is 37.8 Å². The zero-order valence-corrected chi connectivity index (χ0v) is 16.6. The molecule has 152 valence electrons. The highest BCUT2D eigenvalue weighted by Gasteiger charge is 2.19. The van der Waals surface area contributed by atoms with Crippen LogP contribution < -0.4 is 15.2 Å². The second-order valence-corrected chi connectivity index (χ2v) is 8.06. The molecule has 4 N–H and O–H groups in total. The number of rotatable bonds is 6. The fraction of sp³-hybridized carbons (Fsp3) is 0.0500. The molecule has 0 radical (unpaired) electrons. The van der Waals surface area contributed by atoms with Crippen molar-refractivity contribution in [1.29, 1.82) is 0 Å². The molecule has 0 bridgehead atoms. The molecule has 2 aromatic heterocycles. The molecular weight excluding hydrogens is 406 g/mol. The van der Waals surface area contributed by atoms with E-state index in [-0.39, 0.29) is 27.7 Å². The van der Waals surface area contributed by atoms with Gasteiger partial charge in [0.2, 0.25) is 0 Å². The molecule has 0 saturated carbocycles. The number of nitrogens with two attached hydrogens (primary N) is 1. The van der Waals surface area contributed by atoms with E-state index in [1.54, 1.807) is 30.3 Å². The zero-order valence-electron chi connectivity index (χ0n) is 15.8. The monoisotopic (exact) mass is 423 g/mol. The van der Waals surface area contributed by atoms with E-state index >= 15 is 0 Å². The first-order valence-electron chi connectivity index (χ1n) is 8.78. The molecule has 0 spiro atoms. The number of H-pyrrole nitrogens is 1. The molecule has 30 heavy (non-hydrogen) atoms. The van der Waals surface area contributed by atoms with Gasteiger partial charge in [0, 0.05) is 23.5 Å². The number of methoxy groups -OCH3 is 1. The van der Waals surface area contributed by atoms with Crippen LogP contribution >= 0.6 is 0 Å². The summed E-state index contributed by atoms with van der Waals surface area (Å²) in [7, 11) is -2.42. The van der Waals surface area contributed by atoms with Gasteiger partial charge in [-0.3, -0.25) is 9.52 Å². The number of anilines is 2. The van der Waals surface area contributed by atoms with Crippen LogP contribution in [0.2, 0.25) is 0 Å². The van der Waals surface area contributed by atoms with E-state index < -0.39 is 10.0 Å². The maximum Gasteiger partial charge on any atom is 0.262 e.